The van der Waals surface area contributed by atoms with Crippen LogP contribution in [0.2, 0.25) is 5.02 Å². The zero-order valence-corrected chi connectivity index (χ0v) is 18.5. The maximum Gasteiger partial charge on any atom is 0.329 e. The first-order valence-electron chi connectivity index (χ1n) is 10.3. The molecule has 0 spiro atoms. The van der Waals surface area contributed by atoms with Gasteiger partial charge in [-0.1, -0.05) is 60.1 Å². The predicted octanol–water partition coefficient (Wildman–Crippen LogP) is 4.59. The number of ether oxygens (including phenoxy) is 1. The number of nitrogens with zero attached hydrogens (tertiary/aromatic N) is 1. The first-order chi connectivity index (χ1) is 16.4. The summed E-state index contributed by atoms with van der Waals surface area (Å²) in [4.78, 5) is 38.1. The molecular formula is C25H19ClFN3O4. The van der Waals surface area contributed by atoms with Gasteiger partial charge in [0.15, 0.2) is 0 Å². The van der Waals surface area contributed by atoms with Crippen LogP contribution in [0.5, 0.6) is 5.75 Å². The van der Waals surface area contributed by atoms with E-state index in [0.29, 0.717) is 16.3 Å². The molecule has 3 aromatic carbocycles. The fraction of sp³-hybridized carbons (Fsp3) is 0.0800. The van der Waals surface area contributed by atoms with Crippen LogP contribution in [0.4, 0.5) is 14.9 Å². The number of para-hydroxylation sites is 2. The minimum atomic E-state index is -0.755. The zero-order chi connectivity index (χ0) is 24.1. The molecule has 3 aromatic rings. The van der Waals surface area contributed by atoms with E-state index in [9.17, 15) is 18.8 Å². The number of hydrogen-bond acceptors (Lipinski definition) is 4. The van der Waals surface area contributed by atoms with Gasteiger partial charge in [0, 0.05) is 16.1 Å². The van der Waals surface area contributed by atoms with E-state index in [2.05, 4.69) is 10.6 Å². The van der Waals surface area contributed by atoms with Crippen LogP contribution in [0.1, 0.15) is 11.1 Å². The molecular weight excluding hydrogens is 461 g/mol. The Hall–Kier alpha value is -4.17. The van der Waals surface area contributed by atoms with Crippen LogP contribution < -0.4 is 15.4 Å². The highest BCUT2D eigenvalue weighted by molar-refractivity contribution is 6.31. The Morgan fingerprint density at radius 1 is 1.03 bits per heavy atom. The van der Waals surface area contributed by atoms with Crippen LogP contribution in [0, 0.1) is 5.82 Å². The molecule has 1 saturated heterocycles. The number of benzene rings is 3. The number of rotatable bonds is 7. The Morgan fingerprint density at radius 2 is 1.74 bits per heavy atom. The van der Waals surface area contributed by atoms with Crippen molar-refractivity contribution in [2.45, 2.75) is 6.61 Å². The lowest BCUT2D eigenvalue weighted by Crippen LogP contribution is -2.38. The third-order valence-corrected chi connectivity index (χ3v) is 5.34. The van der Waals surface area contributed by atoms with Crippen LogP contribution in [0.15, 0.2) is 78.5 Å². The molecule has 9 heteroatoms. The van der Waals surface area contributed by atoms with E-state index >= 15 is 0 Å². The lowest BCUT2D eigenvalue weighted by atomic mass is 10.1. The smallest absolute Gasteiger partial charge is 0.329 e. The molecule has 4 rings (SSSR count). The second-order valence-corrected chi connectivity index (χ2v) is 7.73. The van der Waals surface area contributed by atoms with E-state index in [1.807, 2.05) is 18.2 Å². The van der Waals surface area contributed by atoms with Gasteiger partial charge in [-0.3, -0.25) is 9.59 Å². The van der Waals surface area contributed by atoms with Gasteiger partial charge in [-0.2, -0.15) is 0 Å². The van der Waals surface area contributed by atoms with Crippen molar-refractivity contribution in [3.63, 3.8) is 0 Å². The third-order valence-electron chi connectivity index (χ3n) is 4.97. The summed E-state index contributed by atoms with van der Waals surface area (Å²) >= 11 is 6.18. The van der Waals surface area contributed by atoms with Crippen LogP contribution in [-0.4, -0.2) is 29.3 Å². The number of carbonyl (C=O) groups excluding carboxylic acids is 3. The molecule has 1 aliphatic heterocycles. The topological polar surface area (TPSA) is 87.7 Å². The molecule has 2 N–H and O–H groups in total. The van der Waals surface area contributed by atoms with Gasteiger partial charge in [0.1, 0.15) is 30.4 Å². The van der Waals surface area contributed by atoms with E-state index in [1.54, 1.807) is 36.4 Å². The predicted molar refractivity (Wildman–Crippen MR) is 125 cm³/mol. The molecule has 0 aromatic heterocycles. The molecule has 0 aliphatic carbocycles. The Morgan fingerprint density at radius 3 is 2.53 bits per heavy atom. The third kappa shape index (κ3) is 5.24. The number of carbonyl (C=O) groups is 3. The van der Waals surface area contributed by atoms with Gasteiger partial charge in [0.2, 0.25) is 5.91 Å². The number of anilines is 1. The first kappa shape index (κ1) is 23.0. The molecule has 0 bridgehead atoms. The van der Waals surface area contributed by atoms with Crippen molar-refractivity contribution in [1.82, 2.24) is 10.2 Å². The van der Waals surface area contributed by atoms with E-state index in [-0.39, 0.29) is 18.0 Å². The second-order valence-electron chi connectivity index (χ2n) is 7.33. The highest BCUT2D eigenvalue weighted by atomic mass is 35.5. The van der Waals surface area contributed by atoms with Crippen LogP contribution >= 0.6 is 11.6 Å². The van der Waals surface area contributed by atoms with Crippen LogP contribution in [0.3, 0.4) is 0 Å². The van der Waals surface area contributed by atoms with Crippen molar-refractivity contribution in [3.8, 4) is 5.75 Å². The summed E-state index contributed by atoms with van der Waals surface area (Å²) in [5, 5.41) is 5.38. The minimum Gasteiger partial charge on any atom is -0.488 e. The molecule has 1 heterocycles. The van der Waals surface area contributed by atoms with Crippen LogP contribution in [-0.2, 0) is 16.2 Å². The maximum atomic E-state index is 13.7. The number of imide groups is 1. The Labute approximate surface area is 199 Å². The molecule has 34 heavy (non-hydrogen) atoms. The molecule has 0 atom stereocenters. The number of halogens is 2. The SMILES string of the molecule is O=C(CN1C(=O)N/C(=C/c2ccccc2OCc2ccccc2Cl)C1=O)Nc1ccccc1F. The number of amides is 4. The van der Waals surface area contributed by atoms with Crippen molar-refractivity contribution in [1.29, 1.82) is 0 Å². The minimum absolute atomic E-state index is 0.0162. The summed E-state index contributed by atoms with van der Waals surface area (Å²) in [6, 6.07) is 19.1. The summed E-state index contributed by atoms with van der Waals surface area (Å²) in [6.07, 6.45) is 1.47. The van der Waals surface area contributed by atoms with E-state index in [4.69, 9.17) is 16.3 Å². The molecule has 4 amide bonds. The quantitative estimate of drug-likeness (QED) is 0.383. The standard InChI is InChI=1S/C25H19ClFN3O4/c26-18-9-3-1-8-17(18)15-34-22-12-6-2-7-16(22)13-21-24(32)30(25(33)29-21)14-23(31)28-20-11-5-4-10-19(20)27/h1-13H,14-15H2,(H,28,31)(H,29,33)/b21-13+. The monoisotopic (exact) mass is 479 g/mol. The highest BCUT2D eigenvalue weighted by Gasteiger charge is 2.35. The van der Waals surface area contributed by atoms with Crippen molar-refractivity contribution in [2.24, 2.45) is 0 Å². The fourth-order valence-electron chi connectivity index (χ4n) is 3.27. The molecule has 1 fully saturated rings. The van der Waals surface area contributed by atoms with Gasteiger partial charge in [0.25, 0.3) is 5.91 Å². The largest absolute Gasteiger partial charge is 0.488 e. The summed E-state index contributed by atoms with van der Waals surface area (Å²) in [5.41, 5.74) is 1.29. The molecule has 0 radical (unpaired) electrons. The van der Waals surface area contributed by atoms with E-state index in [1.165, 1.54) is 24.3 Å². The van der Waals surface area contributed by atoms with Gasteiger partial charge in [-0.25, -0.2) is 14.1 Å². The zero-order valence-electron chi connectivity index (χ0n) is 17.8. The second kappa shape index (κ2) is 10.2. The van der Waals surface area contributed by atoms with Gasteiger partial charge in [-0.15, -0.1) is 0 Å². The average molecular weight is 480 g/mol. The van der Waals surface area contributed by atoms with Crippen molar-refractivity contribution < 1.29 is 23.5 Å². The van der Waals surface area contributed by atoms with Gasteiger partial charge < -0.3 is 15.4 Å². The highest BCUT2D eigenvalue weighted by Crippen LogP contribution is 2.25. The summed E-state index contributed by atoms with van der Waals surface area (Å²) in [7, 11) is 0. The molecule has 172 valence electrons. The number of nitrogens with one attached hydrogen (secondary N) is 2. The van der Waals surface area contributed by atoms with Crippen molar-refractivity contribution in [3.05, 3.63) is 100 Å². The van der Waals surface area contributed by atoms with Gasteiger partial charge in [0.05, 0.1) is 5.69 Å². The first-order valence-corrected chi connectivity index (χ1v) is 10.6. The lowest BCUT2D eigenvalue weighted by Gasteiger charge is -2.12. The normalized spacial score (nSPS) is 14.3. The van der Waals surface area contributed by atoms with E-state index < -0.39 is 30.2 Å². The summed E-state index contributed by atoms with van der Waals surface area (Å²) < 4.78 is 19.6. The van der Waals surface area contributed by atoms with Gasteiger partial charge >= 0.3 is 6.03 Å². The lowest BCUT2D eigenvalue weighted by molar-refractivity contribution is -0.127. The Kier molecular flexibility index (Phi) is 6.89. The molecule has 1 aliphatic rings. The number of urea groups is 1. The fourth-order valence-corrected chi connectivity index (χ4v) is 3.46. The molecule has 0 unspecified atom stereocenters. The molecule has 7 nitrogen and oxygen atoms in total. The Balaban J connectivity index is 1.46. The number of hydrogen-bond donors (Lipinski definition) is 2. The Bertz CT molecular complexity index is 1290. The van der Waals surface area contributed by atoms with Crippen molar-refractivity contribution >= 4 is 41.2 Å². The van der Waals surface area contributed by atoms with Crippen LogP contribution in [0.25, 0.3) is 6.08 Å². The average Bonchev–Trinajstić information content (AvgIpc) is 3.08. The van der Waals surface area contributed by atoms with E-state index in [0.717, 1.165) is 10.5 Å². The van der Waals surface area contributed by atoms with Gasteiger partial charge in [-0.05, 0) is 30.3 Å². The summed E-state index contributed by atoms with van der Waals surface area (Å²) in [6.45, 7) is -0.358. The maximum absolute atomic E-state index is 13.7. The molecule has 0 saturated carbocycles. The summed E-state index contributed by atoms with van der Waals surface area (Å²) in [5.74, 6) is -1.54. The van der Waals surface area contributed by atoms with Crippen molar-refractivity contribution in [2.75, 3.05) is 11.9 Å².